The second kappa shape index (κ2) is 11.7. The fourth-order valence-electron chi connectivity index (χ4n) is 0.148. The molecule has 0 radical (unpaired) electrons. The highest BCUT2D eigenvalue weighted by atomic mass is 16.5. The average Bonchev–Trinajstić information content (AvgIpc) is 2.02. The molecule has 0 aliphatic rings. The monoisotopic (exact) mass is 158 g/mol. The summed E-state index contributed by atoms with van der Waals surface area (Å²) in [6.07, 6.45) is 1.25. The van der Waals surface area contributed by atoms with Crippen molar-refractivity contribution in [2.24, 2.45) is 0 Å². The van der Waals surface area contributed by atoms with E-state index < -0.39 is 0 Å². The van der Waals surface area contributed by atoms with Crippen molar-refractivity contribution in [3.8, 4) is 6.07 Å². The van der Waals surface area contributed by atoms with E-state index >= 15 is 0 Å². The van der Waals surface area contributed by atoms with E-state index in [-0.39, 0.29) is 0 Å². The van der Waals surface area contributed by atoms with Crippen molar-refractivity contribution in [1.29, 1.82) is 5.26 Å². The number of nitriles is 1. The Bertz CT molecular complexity index is 118. The SMILES string of the molecule is CN(C)C=O.COCCC#N. The van der Waals surface area contributed by atoms with E-state index in [0.29, 0.717) is 13.0 Å². The number of amides is 1. The minimum Gasteiger partial charge on any atom is -0.384 e. The van der Waals surface area contributed by atoms with Gasteiger partial charge in [0.2, 0.25) is 6.41 Å². The topological polar surface area (TPSA) is 53.3 Å². The van der Waals surface area contributed by atoms with E-state index in [9.17, 15) is 4.79 Å². The predicted molar refractivity (Wildman–Crippen MR) is 41.9 cm³/mol. The lowest BCUT2D eigenvalue weighted by atomic mass is 10.5. The van der Waals surface area contributed by atoms with Gasteiger partial charge in [-0.05, 0) is 0 Å². The van der Waals surface area contributed by atoms with Crippen LogP contribution in [0.15, 0.2) is 0 Å². The number of carbonyl (C=O) groups excluding carboxylic acids is 1. The summed E-state index contributed by atoms with van der Waals surface area (Å²) in [5.41, 5.74) is 0. The van der Waals surface area contributed by atoms with Gasteiger partial charge in [-0.15, -0.1) is 0 Å². The van der Waals surface area contributed by atoms with Gasteiger partial charge < -0.3 is 9.64 Å². The van der Waals surface area contributed by atoms with E-state index in [2.05, 4.69) is 4.74 Å². The minimum atomic E-state index is 0.497. The van der Waals surface area contributed by atoms with Gasteiger partial charge in [0.1, 0.15) is 0 Å². The number of methoxy groups -OCH3 is 1. The number of ether oxygens (including phenoxy) is 1. The molecule has 11 heavy (non-hydrogen) atoms. The molecule has 0 bridgehead atoms. The molecule has 0 aromatic rings. The summed E-state index contributed by atoms with van der Waals surface area (Å²) >= 11 is 0. The first-order valence-electron chi connectivity index (χ1n) is 3.16. The molecule has 0 rings (SSSR count). The molecule has 0 aliphatic heterocycles. The normalized spacial score (nSPS) is 7.09. The summed E-state index contributed by atoms with van der Waals surface area (Å²) in [5.74, 6) is 0. The van der Waals surface area contributed by atoms with Gasteiger partial charge in [-0.3, -0.25) is 4.79 Å². The Hall–Kier alpha value is -1.08. The van der Waals surface area contributed by atoms with Crippen LogP contribution in [0.1, 0.15) is 6.42 Å². The van der Waals surface area contributed by atoms with Crippen LogP contribution in [0.4, 0.5) is 0 Å². The zero-order valence-corrected chi connectivity index (χ0v) is 7.20. The van der Waals surface area contributed by atoms with Crippen molar-refractivity contribution in [1.82, 2.24) is 4.90 Å². The van der Waals surface area contributed by atoms with Crippen molar-refractivity contribution >= 4 is 6.41 Å². The van der Waals surface area contributed by atoms with Crippen LogP contribution in [0, 0.1) is 11.3 Å². The maximum absolute atomic E-state index is 9.43. The van der Waals surface area contributed by atoms with Crippen LogP contribution in [0.5, 0.6) is 0 Å². The van der Waals surface area contributed by atoms with Crippen LogP contribution >= 0.6 is 0 Å². The quantitative estimate of drug-likeness (QED) is 0.437. The molecule has 0 aromatic carbocycles. The van der Waals surface area contributed by atoms with Crippen LogP contribution in [0.3, 0.4) is 0 Å². The second-order valence-corrected chi connectivity index (χ2v) is 1.97. The highest BCUT2D eigenvalue weighted by molar-refractivity contribution is 5.45. The van der Waals surface area contributed by atoms with Gasteiger partial charge in [-0.25, -0.2) is 0 Å². The number of rotatable bonds is 3. The van der Waals surface area contributed by atoms with Gasteiger partial charge in [0, 0.05) is 21.2 Å². The third-order valence-corrected chi connectivity index (χ3v) is 0.629. The molecule has 4 nitrogen and oxygen atoms in total. The molecule has 0 heterocycles. The average molecular weight is 158 g/mol. The van der Waals surface area contributed by atoms with Gasteiger partial charge in [-0.1, -0.05) is 0 Å². The first-order valence-corrected chi connectivity index (χ1v) is 3.16. The van der Waals surface area contributed by atoms with Crippen LogP contribution in [0.25, 0.3) is 0 Å². The zero-order valence-electron chi connectivity index (χ0n) is 7.20. The highest BCUT2D eigenvalue weighted by Crippen LogP contribution is 1.71. The van der Waals surface area contributed by atoms with Gasteiger partial charge in [0.25, 0.3) is 0 Å². The second-order valence-electron chi connectivity index (χ2n) is 1.97. The first-order chi connectivity index (χ1) is 5.18. The molecule has 1 amide bonds. The van der Waals surface area contributed by atoms with Crippen LogP contribution in [-0.4, -0.2) is 39.1 Å². The van der Waals surface area contributed by atoms with Crippen LogP contribution in [0.2, 0.25) is 0 Å². The highest BCUT2D eigenvalue weighted by Gasteiger charge is 1.73. The summed E-state index contributed by atoms with van der Waals surface area (Å²) in [6, 6.07) is 1.94. The summed E-state index contributed by atoms with van der Waals surface area (Å²) < 4.78 is 4.56. The smallest absolute Gasteiger partial charge is 0.209 e. The van der Waals surface area contributed by atoms with Crippen molar-refractivity contribution in [3.05, 3.63) is 0 Å². The van der Waals surface area contributed by atoms with E-state index in [1.165, 1.54) is 4.90 Å². The summed E-state index contributed by atoms with van der Waals surface area (Å²) in [7, 11) is 4.96. The molecule has 0 aromatic heterocycles. The fraction of sp³-hybridized carbons (Fsp3) is 0.714. The Balaban J connectivity index is 0. The van der Waals surface area contributed by atoms with Crippen molar-refractivity contribution in [3.63, 3.8) is 0 Å². The zero-order chi connectivity index (χ0) is 9.11. The molecule has 0 spiro atoms. The van der Waals surface area contributed by atoms with E-state index in [0.717, 1.165) is 6.41 Å². The van der Waals surface area contributed by atoms with Crippen LogP contribution in [-0.2, 0) is 9.53 Å². The Morgan fingerprint density at radius 2 is 2.09 bits per heavy atom. The molecular weight excluding hydrogens is 144 g/mol. The first kappa shape index (κ1) is 12.6. The molecule has 0 fully saturated rings. The number of nitrogens with zero attached hydrogens (tertiary/aromatic N) is 2. The summed E-state index contributed by atoms with van der Waals surface area (Å²) in [5, 5.41) is 7.87. The lowest BCUT2D eigenvalue weighted by molar-refractivity contribution is -0.115. The molecule has 64 valence electrons. The van der Waals surface area contributed by atoms with Gasteiger partial charge >= 0.3 is 0 Å². The van der Waals surface area contributed by atoms with Gasteiger partial charge in [0.15, 0.2) is 0 Å². The lowest BCUT2D eigenvalue weighted by Gasteiger charge is -1.93. The number of carbonyl (C=O) groups is 1. The van der Waals surface area contributed by atoms with E-state index in [1.54, 1.807) is 21.2 Å². The maximum Gasteiger partial charge on any atom is 0.209 e. The third-order valence-electron chi connectivity index (χ3n) is 0.629. The molecule has 0 saturated carbocycles. The molecule has 0 saturated heterocycles. The maximum atomic E-state index is 9.43. The van der Waals surface area contributed by atoms with E-state index in [1.807, 2.05) is 6.07 Å². The number of hydrogen-bond acceptors (Lipinski definition) is 3. The van der Waals surface area contributed by atoms with Gasteiger partial charge in [-0.2, -0.15) is 5.26 Å². The number of hydrogen-bond donors (Lipinski definition) is 0. The standard InChI is InChI=1S/C4H7NO.C3H7NO/c1-6-4-2-3-5;1-4(2)3-5/h2,4H2,1H3;3H,1-2H3. The Kier molecular flexibility index (Phi) is 13.4. The summed E-state index contributed by atoms with van der Waals surface area (Å²) in [4.78, 5) is 10.9. The molecular formula is C7H14N2O2. The third kappa shape index (κ3) is 27.8. The van der Waals surface area contributed by atoms with Gasteiger partial charge in [0.05, 0.1) is 19.1 Å². The minimum absolute atomic E-state index is 0.497. The van der Waals surface area contributed by atoms with Crippen molar-refractivity contribution < 1.29 is 9.53 Å². The Morgan fingerprint density at radius 1 is 1.64 bits per heavy atom. The van der Waals surface area contributed by atoms with Crippen LogP contribution < -0.4 is 0 Å². The predicted octanol–water partition coefficient (Wildman–Crippen LogP) is 0.251. The van der Waals surface area contributed by atoms with E-state index in [4.69, 9.17) is 5.26 Å². The lowest BCUT2D eigenvalue weighted by Crippen LogP contribution is -2.06. The molecule has 0 aliphatic carbocycles. The van der Waals surface area contributed by atoms with Crippen molar-refractivity contribution in [2.45, 2.75) is 6.42 Å². The Morgan fingerprint density at radius 3 is 2.18 bits per heavy atom. The molecule has 4 heteroatoms. The molecule has 0 atom stereocenters. The van der Waals surface area contributed by atoms with Crippen molar-refractivity contribution in [2.75, 3.05) is 27.8 Å². The molecule has 0 unspecified atom stereocenters. The largest absolute Gasteiger partial charge is 0.384 e. The Labute approximate surface area is 67.4 Å². The molecule has 0 N–H and O–H groups in total. The summed E-state index contributed by atoms with van der Waals surface area (Å²) in [6.45, 7) is 0.552. The fourth-order valence-corrected chi connectivity index (χ4v) is 0.148.